The van der Waals surface area contributed by atoms with Crippen LogP contribution in [0.1, 0.15) is 31.3 Å². The number of aromatic nitrogens is 6. The summed E-state index contributed by atoms with van der Waals surface area (Å²) in [6.07, 6.45) is 5.84. The number of nitrogens with zero attached hydrogens (tertiary/aromatic N) is 6. The fourth-order valence-corrected chi connectivity index (χ4v) is 2.81. The zero-order valence-electron chi connectivity index (χ0n) is 14.0. The second-order valence-electron chi connectivity index (χ2n) is 6.12. The van der Waals surface area contributed by atoms with Gasteiger partial charge in [-0.1, -0.05) is 12.1 Å². The molecule has 0 amide bonds. The quantitative estimate of drug-likeness (QED) is 0.573. The summed E-state index contributed by atoms with van der Waals surface area (Å²) in [6, 6.07) is 8.41. The molecule has 126 valence electrons. The molecule has 0 atom stereocenters. The zero-order chi connectivity index (χ0) is 17.4. The molecule has 4 aromatic rings. The standard InChI is InChI=1S/C18H17FN6/c1-12(2)25-17-15(22-18(25)24-9-3-8-21-24)11-20-16(23-17)10-13-4-6-14(19)7-5-13/h3-9,11-12H,10H2,1-2H3. The van der Waals surface area contributed by atoms with Gasteiger partial charge in [0.1, 0.15) is 17.2 Å². The Kier molecular flexibility index (Phi) is 3.76. The molecule has 0 spiro atoms. The molecule has 3 heterocycles. The van der Waals surface area contributed by atoms with Crippen molar-refractivity contribution in [3.05, 3.63) is 66.1 Å². The van der Waals surface area contributed by atoms with E-state index in [1.165, 1.54) is 12.1 Å². The second kappa shape index (κ2) is 6.08. The average Bonchev–Trinajstić information content (AvgIpc) is 3.23. The molecular formula is C18H17FN6. The maximum Gasteiger partial charge on any atom is 0.233 e. The van der Waals surface area contributed by atoms with Gasteiger partial charge >= 0.3 is 0 Å². The first-order valence-electron chi connectivity index (χ1n) is 8.10. The number of hydrogen-bond acceptors (Lipinski definition) is 4. The van der Waals surface area contributed by atoms with Gasteiger partial charge in [-0.2, -0.15) is 5.10 Å². The van der Waals surface area contributed by atoms with Crippen LogP contribution in [-0.4, -0.2) is 29.3 Å². The van der Waals surface area contributed by atoms with Crippen LogP contribution in [-0.2, 0) is 6.42 Å². The van der Waals surface area contributed by atoms with Crippen LogP contribution >= 0.6 is 0 Å². The molecule has 1 aromatic carbocycles. The zero-order valence-corrected chi connectivity index (χ0v) is 14.0. The van der Waals surface area contributed by atoms with Gasteiger partial charge in [0.2, 0.25) is 5.95 Å². The largest absolute Gasteiger partial charge is 0.290 e. The highest BCUT2D eigenvalue weighted by atomic mass is 19.1. The number of benzene rings is 1. The number of halogens is 1. The molecule has 0 saturated carbocycles. The van der Waals surface area contributed by atoms with Crippen LogP contribution in [0, 0.1) is 5.82 Å². The lowest BCUT2D eigenvalue weighted by molar-refractivity contribution is 0.583. The highest BCUT2D eigenvalue weighted by Gasteiger charge is 2.17. The highest BCUT2D eigenvalue weighted by Crippen LogP contribution is 2.22. The van der Waals surface area contributed by atoms with Crippen molar-refractivity contribution in [2.45, 2.75) is 26.3 Å². The topological polar surface area (TPSA) is 61.4 Å². The summed E-state index contributed by atoms with van der Waals surface area (Å²) in [5.41, 5.74) is 2.46. The van der Waals surface area contributed by atoms with Gasteiger partial charge in [-0.15, -0.1) is 0 Å². The molecule has 0 unspecified atom stereocenters. The van der Waals surface area contributed by atoms with Crippen molar-refractivity contribution in [3.8, 4) is 5.95 Å². The first-order chi connectivity index (χ1) is 12.1. The Morgan fingerprint density at radius 3 is 2.60 bits per heavy atom. The Bertz CT molecular complexity index is 1000. The number of rotatable bonds is 4. The van der Waals surface area contributed by atoms with Crippen molar-refractivity contribution >= 4 is 11.2 Å². The predicted molar refractivity (Wildman–Crippen MR) is 92.0 cm³/mol. The minimum Gasteiger partial charge on any atom is -0.290 e. The van der Waals surface area contributed by atoms with E-state index in [2.05, 4.69) is 28.9 Å². The number of fused-ring (bicyclic) bond motifs is 1. The molecular weight excluding hydrogens is 319 g/mol. The highest BCUT2D eigenvalue weighted by molar-refractivity contribution is 5.72. The molecule has 0 bridgehead atoms. The fraction of sp³-hybridized carbons (Fsp3) is 0.222. The summed E-state index contributed by atoms with van der Waals surface area (Å²) in [4.78, 5) is 13.7. The Balaban J connectivity index is 1.79. The Morgan fingerprint density at radius 2 is 1.92 bits per heavy atom. The Labute approximate surface area is 144 Å². The monoisotopic (exact) mass is 336 g/mol. The lowest BCUT2D eigenvalue weighted by Gasteiger charge is -2.12. The average molecular weight is 336 g/mol. The molecule has 3 aromatic heterocycles. The minimum absolute atomic E-state index is 0.165. The molecule has 0 aliphatic carbocycles. The molecule has 6 nitrogen and oxygen atoms in total. The Hall–Kier alpha value is -3.09. The third-order valence-corrected chi connectivity index (χ3v) is 3.97. The molecule has 4 rings (SSSR count). The molecule has 0 fully saturated rings. The van der Waals surface area contributed by atoms with Crippen molar-refractivity contribution in [1.29, 1.82) is 0 Å². The van der Waals surface area contributed by atoms with Crippen molar-refractivity contribution < 1.29 is 4.39 Å². The van der Waals surface area contributed by atoms with Gasteiger partial charge in [0.15, 0.2) is 5.65 Å². The van der Waals surface area contributed by atoms with Crippen LogP contribution in [0.2, 0.25) is 0 Å². The third-order valence-electron chi connectivity index (χ3n) is 3.97. The van der Waals surface area contributed by atoms with Gasteiger partial charge in [-0.3, -0.25) is 4.57 Å². The van der Waals surface area contributed by atoms with E-state index in [1.54, 1.807) is 29.2 Å². The van der Waals surface area contributed by atoms with Crippen LogP contribution in [0.3, 0.4) is 0 Å². The molecule has 7 heteroatoms. The van der Waals surface area contributed by atoms with E-state index >= 15 is 0 Å². The van der Waals surface area contributed by atoms with E-state index in [0.717, 1.165) is 16.7 Å². The van der Waals surface area contributed by atoms with E-state index in [4.69, 9.17) is 4.98 Å². The van der Waals surface area contributed by atoms with Gasteiger partial charge in [-0.25, -0.2) is 24.0 Å². The first-order valence-corrected chi connectivity index (χ1v) is 8.10. The Morgan fingerprint density at radius 1 is 1.12 bits per heavy atom. The summed E-state index contributed by atoms with van der Waals surface area (Å²) in [5.74, 6) is 1.14. The lowest BCUT2D eigenvalue weighted by Crippen LogP contribution is -2.10. The van der Waals surface area contributed by atoms with Crippen molar-refractivity contribution in [3.63, 3.8) is 0 Å². The molecule has 0 radical (unpaired) electrons. The van der Waals surface area contributed by atoms with Crippen LogP contribution in [0.25, 0.3) is 17.1 Å². The van der Waals surface area contributed by atoms with Crippen LogP contribution in [0.15, 0.2) is 48.9 Å². The van der Waals surface area contributed by atoms with Crippen molar-refractivity contribution in [1.82, 2.24) is 29.3 Å². The van der Waals surface area contributed by atoms with Crippen LogP contribution in [0.5, 0.6) is 0 Å². The smallest absolute Gasteiger partial charge is 0.233 e. The normalized spacial score (nSPS) is 11.5. The summed E-state index contributed by atoms with van der Waals surface area (Å²) in [6.45, 7) is 4.16. The van der Waals surface area contributed by atoms with Crippen molar-refractivity contribution in [2.75, 3.05) is 0 Å². The molecule has 0 aliphatic heterocycles. The summed E-state index contributed by atoms with van der Waals surface area (Å²) < 4.78 is 16.8. The first kappa shape index (κ1) is 15.4. The van der Waals surface area contributed by atoms with Crippen LogP contribution < -0.4 is 0 Å². The van der Waals surface area contributed by atoms with E-state index < -0.39 is 0 Å². The number of hydrogen-bond donors (Lipinski definition) is 0. The minimum atomic E-state index is -0.248. The van der Waals surface area contributed by atoms with Crippen LogP contribution in [0.4, 0.5) is 4.39 Å². The van der Waals surface area contributed by atoms with Gasteiger partial charge in [-0.05, 0) is 37.6 Å². The van der Waals surface area contributed by atoms with E-state index in [-0.39, 0.29) is 11.9 Å². The van der Waals surface area contributed by atoms with Gasteiger partial charge < -0.3 is 0 Å². The maximum absolute atomic E-state index is 13.1. The van der Waals surface area contributed by atoms with Crippen molar-refractivity contribution in [2.24, 2.45) is 0 Å². The van der Waals surface area contributed by atoms with E-state index in [0.29, 0.717) is 18.2 Å². The molecule has 0 N–H and O–H groups in total. The van der Waals surface area contributed by atoms with Gasteiger partial charge in [0, 0.05) is 24.9 Å². The molecule has 0 saturated heterocycles. The number of imidazole rings is 1. The molecule has 0 aliphatic rings. The summed E-state index contributed by atoms with van der Waals surface area (Å²) >= 11 is 0. The lowest BCUT2D eigenvalue weighted by atomic mass is 10.1. The fourth-order valence-electron chi connectivity index (χ4n) is 2.81. The second-order valence-corrected chi connectivity index (χ2v) is 6.12. The molecule has 25 heavy (non-hydrogen) atoms. The SMILES string of the molecule is CC(C)n1c(-n2cccn2)nc2cnc(Cc3ccc(F)cc3)nc21. The maximum atomic E-state index is 13.1. The predicted octanol–water partition coefficient (Wildman–Crippen LogP) is 3.32. The van der Waals surface area contributed by atoms with Gasteiger partial charge in [0.25, 0.3) is 0 Å². The third kappa shape index (κ3) is 2.88. The van der Waals surface area contributed by atoms with E-state index in [1.807, 2.05) is 16.8 Å². The summed E-state index contributed by atoms with van der Waals surface area (Å²) in [5, 5.41) is 4.27. The summed E-state index contributed by atoms with van der Waals surface area (Å²) in [7, 11) is 0. The van der Waals surface area contributed by atoms with E-state index in [9.17, 15) is 4.39 Å². The van der Waals surface area contributed by atoms with Gasteiger partial charge in [0.05, 0.1) is 6.20 Å².